The number of nitrogens with one attached hydrogen (secondary N) is 1. The van der Waals surface area contributed by atoms with E-state index in [-0.39, 0.29) is 24.1 Å². The van der Waals surface area contributed by atoms with Crippen LogP contribution in [0.5, 0.6) is 0 Å². The fraction of sp³-hybridized carbons (Fsp3) is 0.333. The zero-order valence-electron chi connectivity index (χ0n) is 13.4. The number of rotatable bonds is 5. The molecule has 1 N–H and O–H groups in total. The highest BCUT2D eigenvalue weighted by Gasteiger charge is 2.15. The standard InChI is InChI=1S/C18H19FN2O2/c1-4-12(3)23-10-13-8-14(19)5-6-15(13)16-7-11(2)21-18(22)17(16)9-20/h5-8,12H,4,10H2,1-3H3,(H,21,22). The van der Waals surface area contributed by atoms with Crippen molar-refractivity contribution in [2.75, 3.05) is 0 Å². The Hall–Kier alpha value is -2.45. The Bertz CT molecular complexity index is 806. The SMILES string of the molecule is CCC(C)OCc1cc(F)ccc1-c1cc(C)[nH]c(=O)c1C#N. The van der Waals surface area contributed by atoms with Gasteiger partial charge in [0.05, 0.1) is 12.7 Å². The van der Waals surface area contributed by atoms with Gasteiger partial charge in [-0.3, -0.25) is 4.79 Å². The second-order valence-electron chi connectivity index (χ2n) is 5.51. The molecule has 0 amide bonds. The van der Waals surface area contributed by atoms with Gasteiger partial charge in [0.1, 0.15) is 17.4 Å². The lowest BCUT2D eigenvalue weighted by Crippen LogP contribution is -2.13. The molecule has 5 heteroatoms. The minimum Gasteiger partial charge on any atom is -0.374 e. The Kier molecular flexibility index (Phi) is 5.30. The summed E-state index contributed by atoms with van der Waals surface area (Å²) >= 11 is 0. The van der Waals surface area contributed by atoms with Gasteiger partial charge < -0.3 is 9.72 Å². The van der Waals surface area contributed by atoms with Crippen molar-refractivity contribution in [2.24, 2.45) is 0 Å². The first-order valence-electron chi connectivity index (χ1n) is 7.50. The molecule has 1 atom stereocenters. The van der Waals surface area contributed by atoms with Gasteiger partial charge in [0.15, 0.2) is 0 Å². The average molecular weight is 314 g/mol. The number of H-pyrrole nitrogens is 1. The quantitative estimate of drug-likeness (QED) is 0.915. The van der Waals surface area contributed by atoms with Crippen molar-refractivity contribution >= 4 is 0 Å². The normalized spacial score (nSPS) is 12.0. The monoisotopic (exact) mass is 314 g/mol. The van der Waals surface area contributed by atoms with Crippen LogP contribution in [0.2, 0.25) is 0 Å². The molecule has 23 heavy (non-hydrogen) atoms. The van der Waals surface area contributed by atoms with Crippen LogP contribution in [0, 0.1) is 24.1 Å². The molecule has 0 aliphatic rings. The fourth-order valence-corrected chi connectivity index (χ4v) is 2.31. The van der Waals surface area contributed by atoms with Crippen LogP contribution in [-0.4, -0.2) is 11.1 Å². The summed E-state index contributed by atoms with van der Waals surface area (Å²) in [5.74, 6) is -0.378. The molecule has 2 aromatic rings. The molecule has 4 nitrogen and oxygen atoms in total. The van der Waals surface area contributed by atoms with Gasteiger partial charge in [-0.2, -0.15) is 5.26 Å². The van der Waals surface area contributed by atoms with E-state index in [1.165, 1.54) is 12.1 Å². The van der Waals surface area contributed by atoms with Gasteiger partial charge in [0.2, 0.25) is 0 Å². The van der Waals surface area contributed by atoms with E-state index >= 15 is 0 Å². The van der Waals surface area contributed by atoms with Crippen LogP contribution < -0.4 is 5.56 Å². The number of hydrogen-bond donors (Lipinski definition) is 1. The van der Waals surface area contributed by atoms with E-state index in [1.54, 1.807) is 19.1 Å². The number of ether oxygens (including phenoxy) is 1. The first-order valence-corrected chi connectivity index (χ1v) is 7.50. The predicted molar refractivity (Wildman–Crippen MR) is 86.5 cm³/mol. The lowest BCUT2D eigenvalue weighted by molar-refractivity contribution is 0.0510. The van der Waals surface area contributed by atoms with Crippen molar-refractivity contribution < 1.29 is 9.13 Å². The second-order valence-corrected chi connectivity index (χ2v) is 5.51. The second kappa shape index (κ2) is 7.21. The summed E-state index contributed by atoms with van der Waals surface area (Å²) in [7, 11) is 0. The highest BCUT2D eigenvalue weighted by atomic mass is 19.1. The van der Waals surface area contributed by atoms with E-state index in [1.807, 2.05) is 19.9 Å². The van der Waals surface area contributed by atoms with Crippen LogP contribution in [-0.2, 0) is 11.3 Å². The van der Waals surface area contributed by atoms with Crippen LogP contribution in [0.25, 0.3) is 11.1 Å². The van der Waals surface area contributed by atoms with E-state index < -0.39 is 5.56 Å². The Morgan fingerprint density at radius 2 is 2.09 bits per heavy atom. The minimum atomic E-state index is -0.444. The molecule has 1 aromatic carbocycles. The number of hydrogen-bond acceptors (Lipinski definition) is 3. The van der Waals surface area contributed by atoms with Crippen molar-refractivity contribution in [3.8, 4) is 17.2 Å². The van der Waals surface area contributed by atoms with Gasteiger partial charge in [0, 0.05) is 11.3 Å². The minimum absolute atomic E-state index is 0.0204. The van der Waals surface area contributed by atoms with Crippen molar-refractivity contribution in [1.29, 1.82) is 5.26 Å². The molecule has 0 saturated heterocycles. The van der Waals surface area contributed by atoms with Crippen LogP contribution in [0.4, 0.5) is 4.39 Å². The highest BCUT2D eigenvalue weighted by molar-refractivity contribution is 5.73. The summed E-state index contributed by atoms with van der Waals surface area (Å²) in [5, 5.41) is 9.28. The third-order valence-corrected chi connectivity index (χ3v) is 3.74. The van der Waals surface area contributed by atoms with Crippen molar-refractivity contribution in [2.45, 2.75) is 39.9 Å². The zero-order chi connectivity index (χ0) is 17.0. The molecule has 0 spiro atoms. The van der Waals surface area contributed by atoms with Gasteiger partial charge in [-0.15, -0.1) is 0 Å². The number of nitriles is 1. The van der Waals surface area contributed by atoms with E-state index in [0.717, 1.165) is 6.42 Å². The first kappa shape index (κ1) is 16.9. The van der Waals surface area contributed by atoms with Crippen molar-refractivity contribution in [3.05, 3.63) is 57.3 Å². The van der Waals surface area contributed by atoms with E-state index in [0.29, 0.717) is 22.4 Å². The fourth-order valence-electron chi connectivity index (χ4n) is 2.31. The van der Waals surface area contributed by atoms with Crippen LogP contribution in [0.1, 0.15) is 37.1 Å². The molecule has 1 aromatic heterocycles. The maximum Gasteiger partial charge on any atom is 0.266 e. The Labute approximate surface area is 134 Å². The molecular weight excluding hydrogens is 295 g/mol. The predicted octanol–water partition coefficient (Wildman–Crippen LogP) is 3.68. The summed E-state index contributed by atoms with van der Waals surface area (Å²) < 4.78 is 19.3. The molecule has 0 saturated carbocycles. The van der Waals surface area contributed by atoms with Gasteiger partial charge in [-0.25, -0.2) is 4.39 Å². The molecule has 0 bridgehead atoms. The van der Waals surface area contributed by atoms with Crippen molar-refractivity contribution in [1.82, 2.24) is 4.98 Å². The summed E-state index contributed by atoms with van der Waals surface area (Å²) in [5.41, 5.74) is 1.97. The number of benzene rings is 1. The summed E-state index contributed by atoms with van der Waals surface area (Å²) in [4.78, 5) is 14.6. The van der Waals surface area contributed by atoms with Gasteiger partial charge >= 0.3 is 0 Å². The Morgan fingerprint density at radius 1 is 1.35 bits per heavy atom. The van der Waals surface area contributed by atoms with E-state index in [2.05, 4.69) is 4.98 Å². The highest BCUT2D eigenvalue weighted by Crippen LogP contribution is 2.27. The molecule has 120 valence electrons. The summed E-state index contributed by atoms with van der Waals surface area (Å²) in [6, 6.07) is 7.94. The lowest BCUT2D eigenvalue weighted by atomic mass is 9.96. The lowest BCUT2D eigenvalue weighted by Gasteiger charge is -2.15. The molecule has 0 fully saturated rings. The maximum atomic E-state index is 13.6. The molecule has 0 radical (unpaired) electrons. The number of halogens is 1. The zero-order valence-corrected chi connectivity index (χ0v) is 13.4. The Balaban J connectivity index is 2.56. The van der Waals surface area contributed by atoms with Gasteiger partial charge in [-0.1, -0.05) is 13.0 Å². The molecule has 1 heterocycles. The number of aryl methyl sites for hydroxylation is 1. The largest absolute Gasteiger partial charge is 0.374 e. The average Bonchev–Trinajstić information content (AvgIpc) is 2.52. The van der Waals surface area contributed by atoms with Crippen LogP contribution in [0.3, 0.4) is 0 Å². The van der Waals surface area contributed by atoms with E-state index in [4.69, 9.17) is 4.74 Å². The number of aromatic nitrogens is 1. The van der Waals surface area contributed by atoms with Crippen molar-refractivity contribution in [3.63, 3.8) is 0 Å². The molecule has 0 aliphatic heterocycles. The van der Waals surface area contributed by atoms with Gasteiger partial charge in [0.25, 0.3) is 5.56 Å². The number of pyridine rings is 1. The first-order chi connectivity index (χ1) is 11.0. The smallest absolute Gasteiger partial charge is 0.266 e. The topological polar surface area (TPSA) is 65.9 Å². The van der Waals surface area contributed by atoms with E-state index in [9.17, 15) is 14.4 Å². The number of nitrogens with zero attached hydrogens (tertiary/aromatic N) is 1. The number of aromatic amines is 1. The molecular formula is C18H19FN2O2. The summed E-state index contributed by atoms with van der Waals surface area (Å²) in [6.45, 7) is 5.91. The van der Waals surface area contributed by atoms with Gasteiger partial charge in [-0.05, 0) is 49.6 Å². The third-order valence-electron chi connectivity index (χ3n) is 3.74. The van der Waals surface area contributed by atoms with Crippen LogP contribution >= 0.6 is 0 Å². The maximum absolute atomic E-state index is 13.6. The molecule has 1 unspecified atom stereocenters. The molecule has 2 rings (SSSR count). The Morgan fingerprint density at radius 3 is 2.74 bits per heavy atom. The van der Waals surface area contributed by atoms with Crippen LogP contribution in [0.15, 0.2) is 29.1 Å². The summed E-state index contributed by atoms with van der Waals surface area (Å²) in [6.07, 6.45) is 0.889. The molecule has 0 aliphatic carbocycles. The third kappa shape index (κ3) is 3.85.